The lowest BCUT2D eigenvalue weighted by molar-refractivity contribution is -0.162. The molecule has 0 aromatic heterocycles. The molecule has 0 spiro atoms. The third-order valence-electron chi connectivity index (χ3n) is 10.0. The van der Waals surface area contributed by atoms with E-state index in [9.17, 15) is 42.7 Å². The number of ether oxygens (including phenoxy) is 2. The largest absolute Gasteiger partial charge is 0.458 e. The number of rotatable bonds is 21. The van der Waals surface area contributed by atoms with E-state index in [-0.39, 0.29) is 31.7 Å². The number of benzene rings is 1. The van der Waals surface area contributed by atoms with E-state index in [2.05, 4.69) is 21.3 Å². The topological polar surface area (TPSA) is 232 Å². The number of nitrogens with two attached hydrogens (primary N) is 1. The molecule has 0 bridgehead atoms. The summed E-state index contributed by atoms with van der Waals surface area (Å²) in [5, 5.41) is 10.2. The number of carbonyl (C=O) groups excluding carboxylic acids is 8. The minimum absolute atomic E-state index is 0.0467. The van der Waals surface area contributed by atoms with E-state index < -0.39 is 102 Å². The molecule has 2 aliphatic rings. The Balaban J connectivity index is 1.82. The molecule has 0 radical (unpaired) electrons. The summed E-state index contributed by atoms with van der Waals surface area (Å²) in [6.07, 6.45) is 4.94. The van der Waals surface area contributed by atoms with Crippen molar-refractivity contribution >= 4 is 47.2 Å². The smallest absolute Gasteiger partial charge is 0.332 e. The van der Waals surface area contributed by atoms with Crippen molar-refractivity contribution in [1.82, 2.24) is 26.2 Å². The molecule has 5 atom stereocenters. The highest BCUT2D eigenvalue weighted by molar-refractivity contribution is 6.38. The fourth-order valence-corrected chi connectivity index (χ4v) is 7.22. The van der Waals surface area contributed by atoms with Crippen LogP contribution in [0.5, 0.6) is 0 Å². The number of nitrogens with one attached hydrogen (secondary N) is 4. The molecule has 58 heavy (non-hydrogen) atoms. The standard InChI is InChI=1S/C41H61FN6O10/c1-6-8-18-30(37(43)53)45-33(50)22-44-39(55)36(52)29(13-7-2)46-38(54)31-21-28(57-24-34(51)58-41(3,4)5)23-48(31)40(56)35(26-15-10-9-11-16-26)47-32(49)20-25-14-12-17-27(42)19-25/h12,14,17,19,26,28-31,35H,6-11,13,15-16,18,20-24H2,1-5H3,(H2,43,53)(H,44,55)(H,45,50)(H,46,54)(H,47,49)/t28-,29?,30?,31+,35?/m1/s1. The molecule has 16 nitrogen and oxygen atoms in total. The maximum Gasteiger partial charge on any atom is 0.332 e. The summed E-state index contributed by atoms with van der Waals surface area (Å²) in [6.45, 7) is 7.54. The molecule has 1 aliphatic carbocycles. The second kappa shape index (κ2) is 22.9. The summed E-state index contributed by atoms with van der Waals surface area (Å²) in [6, 6.07) is 1.05. The number of esters is 1. The van der Waals surface area contributed by atoms with Gasteiger partial charge in [0, 0.05) is 13.0 Å². The molecular weight excluding hydrogens is 755 g/mol. The van der Waals surface area contributed by atoms with Gasteiger partial charge in [-0.15, -0.1) is 0 Å². The van der Waals surface area contributed by atoms with Crippen molar-refractivity contribution in [3.8, 4) is 0 Å². The van der Waals surface area contributed by atoms with Crippen LogP contribution in [0.15, 0.2) is 24.3 Å². The Hall–Kier alpha value is -4.93. The van der Waals surface area contributed by atoms with Crippen LogP contribution in [0.2, 0.25) is 0 Å². The van der Waals surface area contributed by atoms with E-state index in [1.54, 1.807) is 33.8 Å². The minimum Gasteiger partial charge on any atom is -0.458 e. The SMILES string of the molecule is CCCCC(NC(=O)CNC(=O)C(=O)C(CCC)NC(=O)[C@@H]1C[C@@H](OCC(=O)OC(C)(C)C)CN1C(=O)C(NC(=O)Cc1cccc(F)c1)C1CCCCC1)C(N)=O. The Bertz CT molecular complexity index is 1630. The van der Waals surface area contributed by atoms with Gasteiger partial charge < -0.3 is 41.4 Å². The maximum absolute atomic E-state index is 14.6. The minimum atomic E-state index is -1.33. The van der Waals surface area contributed by atoms with Crippen LogP contribution in [0, 0.1) is 11.7 Å². The van der Waals surface area contributed by atoms with Crippen molar-refractivity contribution in [3.63, 3.8) is 0 Å². The number of hydrogen-bond donors (Lipinski definition) is 5. The highest BCUT2D eigenvalue weighted by Crippen LogP contribution is 2.30. The van der Waals surface area contributed by atoms with E-state index in [1.165, 1.54) is 23.1 Å². The van der Waals surface area contributed by atoms with Crippen LogP contribution in [0.4, 0.5) is 4.39 Å². The van der Waals surface area contributed by atoms with Crippen molar-refractivity contribution in [2.75, 3.05) is 19.7 Å². The van der Waals surface area contributed by atoms with Crippen LogP contribution >= 0.6 is 0 Å². The zero-order valence-electron chi connectivity index (χ0n) is 34.4. The molecule has 17 heteroatoms. The number of amides is 6. The van der Waals surface area contributed by atoms with Gasteiger partial charge in [0.1, 0.15) is 36.2 Å². The average molecular weight is 817 g/mol. The maximum atomic E-state index is 14.6. The number of ketones is 1. The van der Waals surface area contributed by atoms with Gasteiger partial charge in [-0.1, -0.05) is 64.5 Å². The Labute approximate surface area is 339 Å². The molecule has 1 saturated heterocycles. The molecule has 1 saturated carbocycles. The second-order valence-corrected chi connectivity index (χ2v) is 16.1. The van der Waals surface area contributed by atoms with Gasteiger partial charge in [0.15, 0.2) is 0 Å². The lowest BCUT2D eigenvalue weighted by atomic mass is 9.83. The molecule has 1 aliphatic heterocycles. The molecule has 1 aromatic carbocycles. The molecule has 6 amide bonds. The fourth-order valence-electron chi connectivity index (χ4n) is 7.22. The number of carbonyl (C=O) groups is 8. The van der Waals surface area contributed by atoms with Crippen LogP contribution in [0.25, 0.3) is 0 Å². The van der Waals surface area contributed by atoms with Gasteiger partial charge in [0.25, 0.3) is 5.91 Å². The Morgan fingerprint density at radius 2 is 1.62 bits per heavy atom. The van der Waals surface area contributed by atoms with Crippen molar-refractivity contribution < 1.29 is 52.2 Å². The monoisotopic (exact) mass is 816 g/mol. The number of likely N-dealkylation sites (tertiary alicyclic amines) is 1. The van der Waals surface area contributed by atoms with Gasteiger partial charge in [-0.25, -0.2) is 9.18 Å². The first-order valence-corrected chi connectivity index (χ1v) is 20.3. The van der Waals surface area contributed by atoms with Crippen molar-refractivity contribution in [2.24, 2.45) is 11.7 Å². The molecule has 6 N–H and O–H groups in total. The van der Waals surface area contributed by atoms with Gasteiger partial charge >= 0.3 is 5.97 Å². The van der Waals surface area contributed by atoms with E-state index in [0.29, 0.717) is 37.7 Å². The third-order valence-corrected chi connectivity index (χ3v) is 10.0. The van der Waals surface area contributed by atoms with Crippen LogP contribution in [-0.2, 0) is 54.3 Å². The van der Waals surface area contributed by atoms with Crippen molar-refractivity contribution in [3.05, 3.63) is 35.6 Å². The first-order chi connectivity index (χ1) is 27.4. The Morgan fingerprint density at radius 1 is 0.914 bits per heavy atom. The third kappa shape index (κ3) is 15.4. The first-order valence-electron chi connectivity index (χ1n) is 20.3. The van der Waals surface area contributed by atoms with Crippen molar-refractivity contribution in [2.45, 2.75) is 148 Å². The predicted molar refractivity (Wildman–Crippen MR) is 210 cm³/mol. The Kier molecular flexibility index (Phi) is 18.7. The highest BCUT2D eigenvalue weighted by atomic mass is 19.1. The number of hydrogen-bond acceptors (Lipinski definition) is 10. The number of unbranched alkanes of at least 4 members (excludes halogenated alkanes) is 1. The number of Topliss-reactive ketones (excluding diaryl/α,β-unsaturated/α-hetero) is 1. The normalized spacial score (nSPS) is 18.6. The van der Waals surface area contributed by atoms with E-state index in [0.717, 1.165) is 25.7 Å². The Morgan fingerprint density at radius 3 is 2.24 bits per heavy atom. The lowest BCUT2D eigenvalue weighted by Gasteiger charge is -2.35. The molecule has 3 unspecified atom stereocenters. The van der Waals surface area contributed by atoms with E-state index in [1.807, 2.05) is 6.92 Å². The zero-order valence-corrected chi connectivity index (χ0v) is 34.4. The van der Waals surface area contributed by atoms with E-state index >= 15 is 0 Å². The van der Waals surface area contributed by atoms with Crippen LogP contribution in [0.3, 0.4) is 0 Å². The van der Waals surface area contributed by atoms with Gasteiger partial charge in [-0.05, 0) is 70.1 Å². The zero-order chi connectivity index (χ0) is 43.0. The summed E-state index contributed by atoms with van der Waals surface area (Å²) in [7, 11) is 0. The van der Waals surface area contributed by atoms with Crippen molar-refractivity contribution in [1.29, 1.82) is 0 Å². The quantitative estimate of drug-likeness (QED) is 0.0894. The van der Waals surface area contributed by atoms with Gasteiger partial charge in [-0.2, -0.15) is 0 Å². The van der Waals surface area contributed by atoms with Crippen LogP contribution < -0.4 is 27.0 Å². The molecule has 322 valence electrons. The predicted octanol–water partition coefficient (Wildman–Crippen LogP) is 1.89. The summed E-state index contributed by atoms with van der Waals surface area (Å²) >= 11 is 0. The van der Waals surface area contributed by atoms with Gasteiger partial charge in [0.05, 0.1) is 25.1 Å². The van der Waals surface area contributed by atoms with Gasteiger partial charge in [0.2, 0.25) is 35.3 Å². The molecule has 1 heterocycles. The number of primary amides is 1. The lowest BCUT2D eigenvalue weighted by Crippen LogP contribution is -2.58. The molecular formula is C41H61FN6O10. The van der Waals surface area contributed by atoms with E-state index in [4.69, 9.17) is 15.2 Å². The summed E-state index contributed by atoms with van der Waals surface area (Å²) in [4.78, 5) is 106. The average Bonchev–Trinajstić information content (AvgIpc) is 3.60. The molecule has 3 rings (SSSR count). The molecule has 1 aromatic rings. The number of halogens is 1. The first kappa shape index (κ1) is 47.4. The van der Waals surface area contributed by atoms with Crippen LogP contribution in [-0.4, -0.2) is 108 Å². The van der Waals surface area contributed by atoms with Crippen LogP contribution in [0.1, 0.15) is 111 Å². The van der Waals surface area contributed by atoms with Gasteiger partial charge in [-0.3, -0.25) is 33.6 Å². The molecule has 2 fully saturated rings. The fraction of sp³-hybridized carbons (Fsp3) is 0.659. The second-order valence-electron chi connectivity index (χ2n) is 16.1. The highest BCUT2D eigenvalue weighted by Gasteiger charge is 2.45. The summed E-state index contributed by atoms with van der Waals surface area (Å²) in [5.41, 5.74) is 5.01. The summed E-state index contributed by atoms with van der Waals surface area (Å²) < 4.78 is 25.1. The number of nitrogens with zero attached hydrogens (tertiary/aromatic N) is 1. The summed E-state index contributed by atoms with van der Waals surface area (Å²) in [5.74, 6) is -6.88.